The lowest BCUT2D eigenvalue weighted by atomic mass is 9.98. The van der Waals surface area contributed by atoms with Gasteiger partial charge in [0, 0.05) is 24.7 Å². The molecule has 0 radical (unpaired) electrons. The van der Waals surface area contributed by atoms with Gasteiger partial charge in [-0.05, 0) is 37.6 Å². The molecule has 1 saturated heterocycles. The fourth-order valence-corrected chi connectivity index (χ4v) is 2.26. The molecule has 0 atom stereocenters. The summed E-state index contributed by atoms with van der Waals surface area (Å²) >= 11 is 0. The standard InChI is InChI=1S/C13H16N4O.ClH/c1-2-10(9-15-5-1)8-12-16-13(18-17-12)11-3-6-14-7-4-11;/h1-2,5,9,11,14H,3-4,6-8H2;1H. The molecule has 0 bridgehead atoms. The Labute approximate surface area is 118 Å². The molecule has 6 heteroatoms. The maximum Gasteiger partial charge on any atom is 0.229 e. The van der Waals surface area contributed by atoms with Gasteiger partial charge in [-0.1, -0.05) is 11.2 Å². The first-order valence-electron chi connectivity index (χ1n) is 6.34. The van der Waals surface area contributed by atoms with Crippen molar-refractivity contribution in [2.45, 2.75) is 25.2 Å². The SMILES string of the molecule is Cl.c1cncc(Cc2noc(C3CCNCC3)n2)c1. The Morgan fingerprint density at radius 2 is 2.16 bits per heavy atom. The molecule has 3 rings (SSSR count). The van der Waals surface area contributed by atoms with Crippen LogP contribution in [-0.2, 0) is 6.42 Å². The monoisotopic (exact) mass is 280 g/mol. The third-order valence-electron chi connectivity index (χ3n) is 3.26. The van der Waals surface area contributed by atoms with Crippen molar-refractivity contribution in [3.63, 3.8) is 0 Å². The van der Waals surface area contributed by atoms with Gasteiger partial charge in [0.25, 0.3) is 0 Å². The van der Waals surface area contributed by atoms with Crippen LogP contribution in [0.1, 0.15) is 36.0 Å². The largest absolute Gasteiger partial charge is 0.339 e. The van der Waals surface area contributed by atoms with Crippen LogP contribution in [0.3, 0.4) is 0 Å². The molecule has 0 saturated carbocycles. The molecule has 5 nitrogen and oxygen atoms in total. The second kappa shape index (κ2) is 6.63. The van der Waals surface area contributed by atoms with Crippen molar-refractivity contribution < 1.29 is 4.52 Å². The van der Waals surface area contributed by atoms with Crippen molar-refractivity contribution in [2.24, 2.45) is 0 Å². The van der Waals surface area contributed by atoms with E-state index in [9.17, 15) is 0 Å². The minimum atomic E-state index is 0. The lowest BCUT2D eigenvalue weighted by Crippen LogP contribution is -2.26. The van der Waals surface area contributed by atoms with Crippen molar-refractivity contribution in [1.82, 2.24) is 20.4 Å². The first-order valence-corrected chi connectivity index (χ1v) is 6.34. The van der Waals surface area contributed by atoms with Crippen molar-refractivity contribution >= 4 is 12.4 Å². The van der Waals surface area contributed by atoms with E-state index in [1.54, 1.807) is 6.20 Å². The molecule has 3 heterocycles. The summed E-state index contributed by atoms with van der Waals surface area (Å²) in [4.78, 5) is 8.58. The lowest BCUT2D eigenvalue weighted by Gasteiger charge is -2.18. The van der Waals surface area contributed by atoms with E-state index in [0.29, 0.717) is 12.3 Å². The maximum atomic E-state index is 5.37. The molecule has 19 heavy (non-hydrogen) atoms. The molecule has 0 unspecified atom stereocenters. The summed E-state index contributed by atoms with van der Waals surface area (Å²) in [6, 6.07) is 3.94. The second-order valence-corrected chi connectivity index (χ2v) is 4.61. The van der Waals surface area contributed by atoms with Gasteiger partial charge in [0.2, 0.25) is 5.89 Å². The molecule has 2 aromatic rings. The first-order chi connectivity index (χ1) is 8.92. The van der Waals surface area contributed by atoms with Crippen LogP contribution in [0.5, 0.6) is 0 Å². The highest BCUT2D eigenvalue weighted by Crippen LogP contribution is 2.23. The zero-order valence-corrected chi connectivity index (χ0v) is 11.4. The van der Waals surface area contributed by atoms with E-state index >= 15 is 0 Å². The summed E-state index contributed by atoms with van der Waals surface area (Å²) in [6.45, 7) is 2.07. The van der Waals surface area contributed by atoms with Gasteiger partial charge in [-0.2, -0.15) is 4.98 Å². The first kappa shape index (κ1) is 14.0. The maximum absolute atomic E-state index is 5.37. The van der Waals surface area contributed by atoms with Crippen molar-refractivity contribution in [1.29, 1.82) is 0 Å². The summed E-state index contributed by atoms with van der Waals surface area (Å²) in [6.07, 6.45) is 6.44. The Bertz CT molecular complexity index is 496. The average Bonchev–Trinajstić information content (AvgIpc) is 2.89. The third kappa shape index (κ3) is 3.52. The normalized spacial score (nSPS) is 16.0. The predicted octanol–water partition coefficient (Wildman–Crippen LogP) is 1.94. The van der Waals surface area contributed by atoms with Gasteiger partial charge in [-0.15, -0.1) is 12.4 Å². The zero-order valence-electron chi connectivity index (χ0n) is 10.6. The number of hydrogen-bond donors (Lipinski definition) is 1. The average molecular weight is 281 g/mol. The minimum Gasteiger partial charge on any atom is -0.339 e. The van der Waals surface area contributed by atoms with Crippen LogP contribution in [0.4, 0.5) is 0 Å². The highest BCUT2D eigenvalue weighted by molar-refractivity contribution is 5.85. The Hall–Kier alpha value is -1.46. The number of pyridine rings is 1. The molecular formula is C13H17ClN4O. The van der Waals surface area contributed by atoms with Gasteiger partial charge in [0.1, 0.15) is 0 Å². The highest BCUT2D eigenvalue weighted by atomic mass is 35.5. The van der Waals surface area contributed by atoms with Gasteiger partial charge in [0.15, 0.2) is 5.82 Å². The van der Waals surface area contributed by atoms with Crippen LogP contribution >= 0.6 is 12.4 Å². The minimum absolute atomic E-state index is 0. The van der Waals surface area contributed by atoms with Crippen molar-refractivity contribution in [3.8, 4) is 0 Å². The van der Waals surface area contributed by atoms with Gasteiger partial charge in [0.05, 0.1) is 0 Å². The summed E-state index contributed by atoms with van der Waals surface area (Å²) < 4.78 is 5.37. The fraction of sp³-hybridized carbons (Fsp3) is 0.462. The second-order valence-electron chi connectivity index (χ2n) is 4.61. The zero-order chi connectivity index (χ0) is 12.2. The van der Waals surface area contributed by atoms with E-state index in [-0.39, 0.29) is 12.4 Å². The number of piperidine rings is 1. The highest BCUT2D eigenvalue weighted by Gasteiger charge is 2.21. The number of halogens is 1. The molecule has 1 N–H and O–H groups in total. The van der Waals surface area contributed by atoms with Crippen molar-refractivity contribution in [2.75, 3.05) is 13.1 Å². The number of nitrogens with zero attached hydrogens (tertiary/aromatic N) is 3. The van der Waals surface area contributed by atoms with E-state index in [4.69, 9.17) is 4.52 Å². The fourth-order valence-electron chi connectivity index (χ4n) is 2.26. The molecule has 1 aliphatic heterocycles. The van der Waals surface area contributed by atoms with Gasteiger partial charge in [-0.25, -0.2) is 0 Å². The quantitative estimate of drug-likeness (QED) is 0.931. The molecule has 1 aliphatic rings. The smallest absolute Gasteiger partial charge is 0.229 e. The Morgan fingerprint density at radius 3 is 2.89 bits per heavy atom. The molecule has 102 valence electrons. The molecule has 2 aromatic heterocycles. The topological polar surface area (TPSA) is 63.8 Å². The molecule has 0 aromatic carbocycles. The molecular weight excluding hydrogens is 264 g/mol. The van der Waals surface area contributed by atoms with Gasteiger partial charge in [-0.3, -0.25) is 4.98 Å². The Morgan fingerprint density at radius 1 is 1.32 bits per heavy atom. The number of rotatable bonds is 3. The van der Waals surface area contributed by atoms with E-state index in [1.807, 2.05) is 18.3 Å². The predicted molar refractivity (Wildman–Crippen MR) is 73.4 cm³/mol. The summed E-state index contributed by atoms with van der Waals surface area (Å²) in [5.74, 6) is 1.95. The van der Waals surface area contributed by atoms with Crippen LogP contribution in [-0.4, -0.2) is 28.2 Å². The third-order valence-corrected chi connectivity index (χ3v) is 3.26. The number of aromatic nitrogens is 3. The van der Waals surface area contributed by atoms with E-state index in [0.717, 1.165) is 43.2 Å². The van der Waals surface area contributed by atoms with Crippen LogP contribution in [0.15, 0.2) is 29.0 Å². The molecule has 0 amide bonds. The molecule has 0 aliphatic carbocycles. The van der Waals surface area contributed by atoms with Crippen LogP contribution in [0, 0.1) is 0 Å². The Kier molecular flexibility index (Phi) is 4.87. The lowest BCUT2D eigenvalue weighted by molar-refractivity contribution is 0.318. The van der Waals surface area contributed by atoms with E-state index < -0.39 is 0 Å². The molecule has 0 spiro atoms. The number of nitrogens with one attached hydrogen (secondary N) is 1. The number of hydrogen-bond acceptors (Lipinski definition) is 5. The summed E-state index contributed by atoms with van der Waals surface area (Å²) in [7, 11) is 0. The van der Waals surface area contributed by atoms with Crippen LogP contribution in [0.2, 0.25) is 0 Å². The van der Waals surface area contributed by atoms with Gasteiger partial charge < -0.3 is 9.84 Å². The summed E-state index contributed by atoms with van der Waals surface area (Å²) in [5, 5.41) is 7.39. The van der Waals surface area contributed by atoms with Gasteiger partial charge >= 0.3 is 0 Å². The molecule has 1 fully saturated rings. The van der Waals surface area contributed by atoms with Crippen molar-refractivity contribution in [3.05, 3.63) is 41.8 Å². The van der Waals surface area contributed by atoms with Crippen LogP contribution < -0.4 is 5.32 Å². The van der Waals surface area contributed by atoms with Crippen LogP contribution in [0.25, 0.3) is 0 Å². The van der Waals surface area contributed by atoms with E-state index in [1.165, 1.54) is 0 Å². The Balaban J connectivity index is 0.00000133. The summed E-state index contributed by atoms with van der Waals surface area (Å²) in [5.41, 5.74) is 1.11. The van der Waals surface area contributed by atoms with E-state index in [2.05, 4.69) is 20.4 Å².